The van der Waals surface area contributed by atoms with E-state index in [0.717, 1.165) is 35.2 Å². The first-order chi connectivity index (χ1) is 18.0. The smallest absolute Gasteiger partial charge is 0.258 e. The first kappa shape index (κ1) is 27.4. The summed E-state index contributed by atoms with van der Waals surface area (Å²) >= 11 is 0. The molecule has 4 rings (SSSR count). The molecule has 0 aromatic heterocycles. The van der Waals surface area contributed by atoms with Gasteiger partial charge in [-0.05, 0) is 79.7 Å². The van der Waals surface area contributed by atoms with Gasteiger partial charge in [0, 0.05) is 12.2 Å². The SMILES string of the molecule is Cc1cccc(C)c1NC(=O)C1(N(Cc2ccccc2)C(=O)c2ccccc2O)CCC(C(C)(C)C)CC1. The van der Waals surface area contributed by atoms with Crippen LogP contribution in [-0.4, -0.2) is 27.4 Å². The normalized spacial score (nSPS) is 19.6. The van der Waals surface area contributed by atoms with Crippen molar-refractivity contribution in [3.05, 3.63) is 95.1 Å². The molecule has 0 aliphatic heterocycles. The molecule has 2 N–H and O–H groups in total. The Hall–Kier alpha value is -3.60. The third-order valence-corrected chi connectivity index (χ3v) is 8.26. The Morgan fingerprint density at radius 3 is 2.05 bits per heavy atom. The van der Waals surface area contributed by atoms with Crippen LogP contribution >= 0.6 is 0 Å². The number of rotatable bonds is 6. The van der Waals surface area contributed by atoms with E-state index in [1.165, 1.54) is 6.07 Å². The molecular formula is C33H40N2O3. The van der Waals surface area contributed by atoms with Gasteiger partial charge in [-0.25, -0.2) is 0 Å². The molecule has 3 aromatic carbocycles. The molecule has 5 heteroatoms. The van der Waals surface area contributed by atoms with Crippen LogP contribution in [0.5, 0.6) is 5.75 Å². The van der Waals surface area contributed by atoms with Gasteiger partial charge < -0.3 is 15.3 Å². The molecule has 0 unspecified atom stereocenters. The van der Waals surface area contributed by atoms with Gasteiger partial charge in [0.2, 0.25) is 5.91 Å². The zero-order valence-electron chi connectivity index (χ0n) is 23.3. The molecule has 0 spiro atoms. The van der Waals surface area contributed by atoms with Gasteiger partial charge in [0.05, 0.1) is 5.56 Å². The number of amides is 2. The highest BCUT2D eigenvalue weighted by Gasteiger charge is 2.50. The molecule has 0 saturated heterocycles. The van der Waals surface area contributed by atoms with Crippen LogP contribution in [0.2, 0.25) is 0 Å². The topological polar surface area (TPSA) is 69.6 Å². The summed E-state index contributed by atoms with van der Waals surface area (Å²) in [5, 5.41) is 13.9. The lowest BCUT2D eigenvalue weighted by Gasteiger charge is -2.49. The molecule has 0 bridgehead atoms. The van der Waals surface area contributed by atoms with Gasteiger partial charge in [0.25, 0.3) is 5.91 Å². The Labute approximate surface area is 226 Å². The van der Waals surface area contributed by atoms with Crippen molar-refractivity contribution in [3.63, 3.8) is 0 Å². The monoisotopic (exact) mass is 512 g/mol. The number of anilines is 1. The summed E-state index contributed by atoms with van der Waals surface area (Å²) in [6.07, 6.45) is 2.78. The quantitative estimate of drug-likeness (QED) is 0.365. The van der Waals surface area contributed by atoms with E-state index >= 15 is 0 Å². The van der Waals surface area contributed by atoms with Gasteiger partial charge in [0.15, 0.2) is 0 Å². The summed E-state index contributed by atoms with van der Waals surface area (Å²) in [5.74, 6) is -0.133. The molecule has 2 amide bonds. The number of hydrogen-bond acceptors (Lipinski definition) is 3. The number of phenols is 1. The molecule has 1 fully saturated rings. The maximum absolute atomic E-state index is 14.4. The predicted octanol–water partition coefficient (Wildman–Crippen LogP) is 7.27. The molecule has 0 atom stereocenters. The largest absolute Gasteiger partial charge is 0.507 e. The van der Waals surface area contributed by atoms with Crippen LogP contribution in [0.15, 0.2) is 72.8 Å². The maximum atomic E-state index is 14.4. The van der Waals surface area contributed by atoms with Crippen LogP contribution in [-0.2, 0) is 11.3 Å². The zero-order chi connectivity index (χ0) is 27.5. The van der Waals surface area contributed by atoms with Gasteiger partial charge in [-0.1, -0.05) is 81.4 Å². The standard InChI is InChI=1S/C33H40N2O3/c1-23-12-11-13-24(2)29(23)34-31(38)33(20-18-26(19-21-33)32(3,4)5)35(22-25-14-7-6-8-15-25)30(37)27-16-9-10-17-28(27)36/h6-17,26,36H,18-22H2,1-5H3,(H,34,38). The van der Waals surface area contributed by atoms with Gasteiger partial charge in [-0.3, -0.25) is 9.59 Å². The minimum atomic E-state index is -1.06. The molecule has 1 aliphatic carbocycles. The molecule has 0 radical (unpaired) electrons. The maximum Gasteiger partial charge on any atom is 0.258 e. The van der Waals surface area contributed by atoms with E-state index < -0.39 is 5.54 Å². The number of benzene rings is 3. The third kappa shape index (κ3) is 5.62. The van der Waals surface area contributed by atoms with Crippen molar-refractivity contribution >= 4 is 17.5 Å². The Morgan fingerprint density at radius 1 is 0.895 bits per heavy atom. The number of para-hydroxylation sites is 2. The van der Waals surface area contributed by atoms with Crippen molar-refractivity contribution < 1.29 is 14.7 Å². The lowest BCUT2D eigenvalue weighted by Crippen LogP contribution is -2.60. The fraction of sp³-hybridized carbons (Fsp3) is 0.394. The van der Waals surface area contributed by atoms with Crippen LogP contribution < -0.4 is 5.32 Å². The van der Waals surface area contributed by atoms with Crippen LogP contribution in [0.1, 0.15) is 73.5 Å². The second-order valence-electron chi connectivity index (χ2n) is 11.8. The Balaban J connectivity index is 1.82. The number of nitrogens with one attached hydrogen (secondary N) is 1. The van der Waals surface area contributed by atoms with Crippen molar-refractivity contribution in [3.8, 4) is 5.75 Å². The number of nitrogens with zero attached hydrogens (tertiary/aromatic N) is 1. The van der Waals surface area contributed by atoms with Crippen LogP contribution in [0, 0.1) is 25.2 Å². The van der Waals surface area contributed by atoms with Crippen LogP contribution in [0.25, 0.3) is 0 Å². The predicted molar refractivity (Wildman–Crippen MR) is 153 cm³/mol. The number of hydrogen-bond donors (Lipinski definition) is 2. The van der Waals surface area contributed by atoms with E-state index in [0.29, 0.717) is 18.8 Å². The average Bonchev–Trinajstić information content (AvgIpc) is 2.89. The second kappa shape index (κ2) is 11.0. The van der Waals surface area contributed by atoms with Gasteiger partial charge >= 0.3 is 0 Å². The summed E-state index contributed by atoms with van der Waals surface area (Å²) in [5.41, 5.74) is 2.96. The summed E-state index contributed by atoms with van der Waals surface area (Å²) in [4.78, 5) is 30.4. The third-order valence-electron chi connectivity index (χ3n) is 8.26. The number of phenolic OH excluding ortho intramolecular Hbond substituents is 1. The minimum Gasteiger partial charge on any atom is -0.507 e. The highest BCUT2D eigenvalue weighted by molar-refractivity contribution is 6.05. The molecule has 3 aromatic rings. The fourth-order valence-corrected chi connectivity index (χ4v) is 5.81. The van der Waals surface area contributed by atoms with Crippen LogP contribution in [0.4, 0.5) is 5.69 Å². The Bertz CT molecular complexity index is 1260. The Morgan fingerprint density at radius 2 is 1.47 bits per heavy atom. The van der Waals surface area contributed by atoms with E-state index in [4.69, 9.17) is 0 Å². The van der Waals surface area contributed by atoms with Crippen molar-refractivity contribution in [2.45, 2.75) is 72.4 Å². The lowest BCUT2D eigenvalue weighted by atomic mass is 9.66. The molecule has 38 heavy (non-hydrogen) atoms. The fourth-order valence-electron chi connectivity index (χ4n) is 5.81. The summed E-state index contributed by atoms with van der Waals surface area (Å²) < 4.78 is 0. The molecule has 5 nitrogen and oxygen atoms in total. The molecular weight excluding hydrogens is 472 g/mol. The van der Waals surface area contributed by atoms with Crippen molar-refractivity contribution in [1.29, 1.82) is 0 Å². The zero-order valence-corrected chi connectivity index (χ0v) is 23.3. The highest BCUT2D eigenvalue weighted by Crippen LogP contribution is 2.45. The van der Waals surface area contributed by atoms with Gasteiger partial charge in [-0.15, -0.1) is 0 Å². The van der Waals surface area contributed by atoms with Crippen LogP contribution in [0.3, 0.4) is 0 Å². The number of carbonyl (C=O) groups is 2. The minimum absolute atomic E-state index is 0.0794. The van der Waals surface area contributed by atoms with E-state index in [1.807, 2.05) is 62.4 Å². The summed E-state index contributed by atoms with van der Waals surface area (Å²) in [6, 6.07) is 22.3. The average molecular weight is 513 g/mol. The van der Waals surface area contributed by atoms with Gasteiger partial charge in [-0.2, -0.15) is 0 Å². The second-order valence-corrected chi connectivity index (χ2v) is 11.8. The first-order valence-electron chi connectivity index (χ1n) is 13.5. The summed E-state index contributed by atoms with van der Waals surface area (Å²) in [6.45, 7) is 11.0. The number of carbonyl (C=O) groups excluding carboxylic acids is 2. The lowest BCUT2D eigenvalue weighted by molar-refractivity contribution is -0.130. The van der Waals surface area contributed by atoms with E-state index in [1.54, 1.807) is 23.1 Å². The van der Waals surface area contributed by atoms with Crippen molar-refractivity contribution in [2.75, 3.05) is 5.32 Å². The Kier molecular flexibility index (Phi) is 7.96. The molecule has 1 aliphatic rings. The van der Waals surface area contributed by atoms with E-state index in [9.17, 15) is 14.7 Å². The molecule has 200 valence electrons. The summed E-state index contributed by atoms with van der Waals surface area (Å²) in [7, 11) is 0. The number of aromatic hydroxyl groups is 1. The van der Waals surface area contributed by atoms with E-state index in [-0.39, 0.29) is 35.1 Å². The van der Waals surface area contributed by atoms with E-state index in [2.05, 4.69) is 26.1 Å². The van der Waals surface area contributed by atoms with Crippen molar-refractivity contribution in [1.82, 2.24) is 4.90 Å². The molecule has 1 saturated carbocycles. The highest BCUT2D eigenvalue weighted by atomic mass is 16.3. The van der Waals surface area contributed by atoms with Gasteiger partial charge in [0.1, 0.15) is 11.3 Å². The van der Waals surface area contributed by atoms with Crippen molar-refractivity contribution in [2.24, 2.45) is 11.3 Å². The first-order valence-corrected chi connectivity index (χ1v) is 13.5. The molecule has 0 heterocycles. The number of aryl methyl sites for hydroxylation is 2.